The van der Waals surface area contributed by atoms with Crippen molar-refractivity contribution in [3.8, 4) is 0 Å². The van der Waals surface area contributed by atoms with Crippen LogP contribution in [-0.4, -0.2) is 13.7 Å². The SMILES string of the molecule is CC1=CC2=c3cc(C)sc3=C([SiH](C)C)C2=S1C1C(C)=C(c2cccc3ccccc23)c2ccccc21. The number of rotatable bonds is 3. The molecule has 0 fully saturated rings. The summed E-state index contributed by atoms with van der Waals surface area (Å²) in [6, 6.07) is 27.3. The van der Waals surface area contributed by atoms with E-state index in [1.165, 1.54) is 54.3 Å². The minimum atomic E-state index is -1.02. The zero-order chi connectivity index (χ0) is 24.7. The second-order valence-corrected chi connectivity index (χ2v) is 16.9. The van der Waals surface area contributed by atoms with E-state index in [0.717, 1.165) is 0 Å². The molecule has 2 heterocycles. The Balaban J connectivity index is 1.55. The van der Waals surface area contributed by atoms with Crippen LogP contribution in [0.2, 0.25) is 13.1 Å². The third-order valence-electron chi connectivity index (χ3n) is 7.97. The molecule has 7 rings (SSSR count). The van der Waals surface area contributed by atoms with Crippen LogP contribution in [0.1, 0.15) is 40.7 Å². The van der Waals surface area contributed by atoms with E-state index in [0.29, 0.717) is 5.25 Å². The molecule has 1 aromatic heterocycles. The highest BCUT2D eigenvalue weighted by Crippen LogP contribution is 2.59. The molecule has 36 heavy (non-hydrogen) atoms. The molecule has 0 spiro atoms. The number of hydrogen-bond acceptors (Lipinski definition) is 1. The normalized spacial score (nSPS) is 20.5. The molecule has 2 unspecified atom stereocenters. The van der Waals surface area contributed by atoms with E-state index < -0.39 is 8.80 Å². The lowest BCUT2D eigenvalue weighted by Crippen LogP contribution is -2.22. The van der Waals surface area contributed by atoms with Gasteiger partial charge >= 0.3 is 0 Å². The molecule has 1 aliphatic heterocycles. The molecule has 0 saturated carbocycles. The molecule has 0 bridgehead atoms. The molecule has 2 atom stereocenters. The Kier molecular flexibility index (Phi) is 5.08. The van der Waals surface area contributed by atoms with E-state index in [9.17, 15) is 0 Å². The summed E-state index contributed by atoms with van der Waals surface area (Å²) in [5, 5.41) is 6.33. The fourth-order valence-electron chi connectivity index (χ4n) is 6.56. The zero-order valence-electron chi connectivity index (χ0n) is 21.5. The van der Waals surface area contributed by atoms with Crippen molar-refractivity contribution >= 4 is 62.6 Å². The second kappa shape index (κ2) is 8.14. The summed E-state index contributed by atoms with van der Waals surface area (Å²) in [6.07, 6.45) is 2.54. The molecule has 178 valence electrons. The standard InChI is InChI=1S/C33H30S2Si/c1-19-17-27-28-18-20(2)35(32(28)33(36(4)5)30(27)34-19)31-21(3)29(25-14-8-9-15-26(25)31)24-16-10-12-22-11-6-7-13-23(22)24/h6-18,31,36H,1-5H3. The van der Waals surface area contributed by atoms with Crippen molar-refractivity contribution in [1.82, 2.24) is 0 Å². The molecular weight excluding hydrogens is 489 g/mol. The molecule has 3 aliphatic rings. The van der Waals surface area contributed by atoms with E-state index in [1.54, 1.807) is 19.5 Å². The summed E-state index contributed by atoms with van der Waals surface area (Å²) >= 11 is 2.02. The van der Waals surface area contributed by atoms with Gasteiger partial charge in [0, 0.05) is 19.5 Å². The Morgan fingerprint density at radius 3 is 2.39 bits per heavy atom. The summed E-state index contributed by atoms with van der Waals surface area (Å²) in [5.74, 6) is 0. The minimum absolute atomic E-state index is 0.0529. The van der Waals surface area contributed by atoms with Crippen LogP contribution in [0.4, 0.5) is 0 Å². The van der Waals surface area contributed by atoms with Crippen molar-refractivity contribution < 1.29 is 0 Å². The maximum absolute atomic E-state index is 2.54. The fraction of sp³-hybridized carbons (Fsp3) is 0.182. The lowest BCUT2D eigenvalue weighted by molar-refractivity contribution is 1.15. The van der Waals surface area contributed by atoms with Crippen molar-refractivity contribution in [3.63, 3.8) is 0 Å². The highest BCUT2D eigenvalue weighted by Gasteiger charge is 2.38. The number of thiophene rings is 1. The molecule has 2 aliphatic carbocycles. The van der Waals surface area contributed by atoms with Crippen molar-refractivity contribution in [2.75, 3.05) is 0 Å². The Morgan fingerprint density at radius 2 is 1.56 bits per heavy atom. The summed E-state index contributed by atoms with van der Waals surface area (Å²) in [5.41, 5.74) is 8.84. The first-order chi connectivity index (χ1) is 17.5. The third-order valence-corrected chi connectivity index (χ3v) is 14.0. The zero-order valence-corrected chi connectivity index (χ0v) is 24.3. The predicted octanol–water partition coefficient (Wildman–Crippen LogP) is 7.49. The number of fused-ring (bicyclic) bond motifs is 4. The predicted molar refractivity (Wildman–Crippen MR) is 165 cm³/mol. The average molecular weight is 519 g/mol. The number of allylic oxidation sites excluding steroid dienone is 2. The summed E-state index contributed by atoms with van der Waals surface area (Å²) in [4.78, 5) is 4.69. The largest absolute Gasteiger partial charge is 0.141 e. The van der Waals surface area contributed by atoms with Gasteiger partial charge < -0.3 is 0 Å². The van der Waals surface area contributed by atoms with Crippen LogP contribution in [0, 0.1) is 6.92 Å². The Labute approximate surface area is 221 Å². The van der Waals surface area contributed by atoms with Gasteiger partial charge in [0.2, 0.25) is 0 Å². The monoisotopic (exact) mass is 518 g/mol. The van der Waals surface area contributed by atoms with Crippen molar-refractivity contribution in [2.45, 2.75) is 39.1 Å². The van der Waals surface area contributed by atoms with Crippen LogP contribution >= 0.6 is 21.8 Å². The first kappa shape index (κ1) is 22.5. The fourth-order valence-corrected chi connectivity index (χ4v) is 13.8. The summed E-state index contributed by atoms with van der Waals surface area (Å²) in [7, 11) is -0.965. The highest BCUT2D eigenvalue weighted by atomic mass is 32.2. The van der Waals surface area contributed by atoms with Crippen LogP contribution in [0.25, 0.3) is 27.1 Å². The molecule has 3 aromatic carbocycles. The topological polar surface area (TPSA) is 0 Å². The Hall–Kier alpha value is -2.72. The van der Waals surface area contributed by atoms with Gasteiger partial charge in [0.05, 0.1) is 14.0 Å². The molecule has 3 heteroatoms. The van der Waals surface area contributed by atoms with E-state index in [-0.39, 0.29) is 10.5 Å². The van der Waals surface area contributed by atoms with Crippen LogP contribution in [0.3, 0.4) is 0 Å². The third kappa shape index (κ3) is 3.03. The van der Waals surface area contributed by atoms with Gasteiger partial charge in [0.1, 0.15) is 0 Å². The maximum Gasteiger partial charge on any atom is 0.0681 e. The average Bonchev–Trinajstić information content (AvgIpc) is 3.55. The minimum Gasteiger partial charge on any atom is -0.141 e. The molecule has 0 amide bonds. The van der Waals surface area contributed by atoms with Crippen LogP contribution in [0.5, 0.6) is 0 Å². The van der Waals surface area contributed by atoms with Gasteiger partial charge in [0.15, 0.2) is 0 Å². The van der Waals surface area contributed by atoms with Crippen LogP contribution in [0.15, 0.2) is 89.4 Å². The van der Waals surface area contributed by atoms with Gasteiger partial charge in [-0.2, -0.15) is 0 Å². The van der Waals surface area contributed by atoms with Crippen LogP contribution in [-0.2, 0) is 0 Å². The lowest BCUT2D eigenvalue weighted by Gasteiger charge is -2.23. The smallest absolute Gasteiger partial charge is 0.0681 e. The summed E-state index contributed by atoms with van der Waals surface area (Å²) in [6.45, 7) is 12.1. The first-order valence-corrected chi connectivity index (χ1v) is 17.9. The second-order valence-electron chi connectivity index (χ2n) is 10.6. The van der Waals surface area contributed by atoms with Gasteiger partial charge in [-0.05, 0) is 87.2 Å². The number of aryl methyl sites for hydroxylation is 1. The number of benzene rings is 3. The van der Waals surface area contributed by atoms with Crippen molar-refractivity contribution in [1.29, 1.82) is 0 Å². The van der Waals surface area contributed by atoms with E-state index in [4.69, 9.17) is 0 Å². The summed E-state index contributed by atoms with van der Waals surface area (Å²) < 4.78 is 1.59. The molecule has 0 N–H and O–H groups in total. The van der Waals surface area contributed by atoms with Gasteiger partial charge in [-0.3, -0.25) is 0 Å². The molecular formula is C33H30S2Si. The first-order valence-electron chi connectivity index (χ1n) is 12.9. The van der Waals surface area contributed by atoms with E-state index in [2.05, 4.69) is 113 Å². The Bertz CT molecular complexity index is 1840. The number of hydrogen-bond donors (Lipinski definition) is 0. The molecule has 4 aromatic rings. The van der Waals surface area contributed by atoms with Crippen LogP contribution < -0.4 is 9.75 Å². The molecule has 0 nitrogen and oxygen atoms in total. The van der Waals surface area contributed by atoms with E-state index >= 15 is 0 Å². The Morgan fingerprint density at radius 1 is 0.833 bits per heavy atom. The lowest BCUT2D eigenvalue weighted by atomic mass is 9.93. The quantitative estimate of drug-likeness (QED) is 0.195. The maximum atomic E-state index is 2.54. The van der Waals surface area contributed by atoms with Crippen molar-refractivity contribution in [3.05, 3.63) is 121 Å². The molecule has 0 radical (unpaired) electrons. The van der Waals surface area contributed by atoms with Gasteiger partial charge in [-0.25, -0.2) is 0 Å². The molecule has 0 saturated heterocycles. The van der Waals surface area contributed by atoms with Gasteiger partial charge in [0.25, 0.3) is 0 Å². The van der Waals surface area contributed by atoms with Gasteiger partial charge in [-0.1, -0.05) is 79.8 Å². The van der Waals surface area contributed by atoms with E-state index in [1.807, 2.05) is 11.3 Å². The highest BCUT2D eigenvalue weighted by molar-refractivity contribution is 8.21. The van der Waals surface area contributed by atoms with Crippen molar-refractivity contribution in [2.24, 2.45) is 0 Å². The van der Waals surface area contributed by atoms with Gasteiger partial charge in [-0.15, -0.1) is 21.8 Å².